The Morgan fingerprint density at radius 1 is 1.42 bits per heavy atom. The lowest BCUT2D eigenvalue weighted by Gasteiger charge is -2.09. The van der Waals surface area contributed by atoms with Gasteiger partial charge in [-0.15, -0.1) is 0 Å². The molecule has 2 heterocycles. The van der Waals surface area contributed by atoms with Crippen LogP contribution in [0.25, 0.3) is 0 Å². The molecule has 0 radical (unpaired) electrons. The smallest absolute Gasteiger partial charge is 0.331 e. The first-order chi connectivity index (χ1) is 9.02. The van der Waals surface area contributed by atoms with Crippen LogP contribution in [-0.2, 0) is 6.54 Å². The molecule has 0 aliphatic rings. The van der Waals surface area contributed by atoms with Crippen molar-refractivity contribution in [3.63, 3.8) is 0 Å². The van der Waals surface area contributed by atoms with Crippen LogP contribution in [0.3, 0.4) is 0 Å². The normalized spacial score (nSPS) is 10.4. The molecule has 7 heteroatoms. The van der Waals surface area contributed by atoms with E-state index in [0.29, 0.717) is 11.4 Å². The van der Waals surface area contributed by atoms with Gasteiger partial charge in [-0.1, -0.05) is 6.07 Å². The molecule has 19 heavy (non-hydrogen) atoms. The van der Waals surface area contributed by atoms with Gasteiger partial charge in [0.2, 0.25) is 11.8 Å². The van der Waals surface area contributed by atoms with E-state index in [1.54, 1.807) is 12.1 Å². The molecule has 0 unspecified atom stereocenters. The third kappa shape index (κ3) is 2.49. The van der Waals surface area contributed by atoms with Gasteiger partial charge in [-0.3, -0.25) is 14.3 Å². The zero-order valence-corrected chi connectivity index (χ0v) is 10.5. The monoisotopic (exact) mass is 263 g/mol. The van der Waals surface area contributed by atoms with Crippen LogP contribution in [-0.4, -0.2) is 26.8 Å². The number of aromatic amines is 1. The minimum Gasteiger partial charge on any atom is -0.494 e. The Morgan fingerprint density at radius 3 is 2.74 bits per heavy atom. The molecular weight excluding hydrogens is 250 g/mol. The largest absolute Gasteiger partial charge is 0.494 e. The lowest BCUT2D eigenvalue weighted by atomic mass is 10.2. The molecule has 0 amide bonds. The summed E-state index contributed by atoms with van der Waals surface area (Å²) in [5.74, 6) is 0.113. The summed E-state index contributed by atoms with van der Waals surface area (Å²) in [6, 6.07) is 3.37. The standard InChI is InChI=1S/C12H13N3O4/c1-7-10(16)14-12(18)15(11(7)17)6-8-3-4-9(19-2)13-5-8/h3-5,17H,6H2,1-2H3,(H,14,16,18). The van der Waals surface area contributed by atoms with E-state index in [-0.39, 0.29) is 18.0 Å². The predicted octanol–water partition coefficient (Wildman–Crippen LogP) is 0.00252. The minimum atomic E-state index is -0.663. The summed E-state index contributed by atoms with van der Waals surface area (Å²) in [4.78, 5) is 29.1. The fraction of sp³-hybridized carbons (Fsp3) is 0.250. The molecule has 0 saturated carbocycles. The number of rotatable bonds is 3. The van der Waals surface area contributed by atoms with Gasteiger partial charge < -0.3 is 9.84 Å². The lowest BCUT2D eigenvalue weighted by Crippen LogP contribution is -2.31. The van der Waals surface area contributed by atoms with Crippen LogP contribution in [0.5, 0.6) is 11.8 Å². The molecule has 0 spiro atoms. The molecule has 0 bridgehead atoms. The number of aromatic nitrogens is 3. The highest BCUT2D eigenvalue weighted by Gasteiger charge is 2.10. The van der Waals surface area contributed by atoms with Crippen molar-refractivity contribution in [2.24, 2.45) is 0 Å². The van der Waals surface area contributed by atoms with Crippen molar-refractivity contribution in [3.8, 4) is 11.8 Å². The molecule has 0 atom stereocenters. The van der Waals surface area contributed by atoms with Gasteiger partial charge in [0.1, 0.15) is 0 Å². The summed E-state index contributed by atoms with van der Waals surface area (Å²) in [7, 11) is 1.50. The molecule has 0 aromatic carbocycles. The van der Waals surface area contributed by atoms with Crippen molar-refractivity contribution in [2.75, 3.05) is 7.11 Å². The molecule has 2 rings (SSSR count). The fourth-order valence-corrected chi connectivity index (χ4v) is 1.61. The van der Waals surface area contributed by atoms with E-state index in [1.165, 1.54) is 20.2 Å². The molecule has 0 fully saturated rings. The van der Waals surface area contributed by atoms with Crippen molar-refractivity contribution >= 4 is 0 Å². The zero-order valence-electron chi connectivity index (χ0n) is 10.5. The van der Waals surface area contributed by atoms with Crippen molar-refractivity contribution in [1.82, 2.24) is 14.5 Å². The average molecular weight is 263 g/mol. The van der Waals surface area contributed by atoms with Crippen LogP contribution in [0.2, 0.25) is 0 Å². The van der Waals surface area contributed by atoms with Gasteiger partial charge in [0, 0.05) is 12.3 Å². The minimum absolute atomic E-state index is 0.0982. The van der Waals surface area contributed by atoms with E-state index >= 15 is 0 Å². The summed E-state index contributed by atoms with van der Waals surface area (Å²) in [6.45, 7) is 1.55. The second-order valence-corrected chi connectivity index (χ2v) is 4.00. The van der Waals surface area contributed by atoms with E-state index in [9.17, 15) is 14.7 Å². The molecule has 7 nitrogen and oxygen atoms in total. The zero-order chi connectivity index (χ0) is 14.0. The van der Waals surface area contributed by atoms with Gasteiger partial charge in [-0.25, -0.2) is 9.78 Å². The Kier molecular flexibility index (Phi) is 3.37. The topological polar surface area (TPSA) is 97.2 Å². The third-order valence-corrected chi connectivity index (χ3v) is 2.74. The first kappa shape index (κ1) is 12.9. The maximum Gasteiger partial charge on any atom is 0.331 e. The van der Waals surface area contributed by atoms with E-state index < -0.39 is 11.2 Å². The Bertz CT molecular complexity index is 700. The number of nitrogens with one attached hydrogen (secondary N) is 1. The molecule has 0 saturated heterocycles. The van der Waals surface area contributed by atoms with Gasteiger partial charge in [-0.2, -0.15) is 0 Å². The van der Waals surface area contributed by atoms with E-state index in [1.807, 2.05) is 0 Å². The first-order valence-corrected chi connectivity index (χ1v) is 5.54. The molecule has 0 aliphatic carbocycles. The quantitative estimate of drug-likeness (QED) is 0.812. The third-order valence-electron chi connectivity index (χ3n) is 2.74. The van der Waals surface area contributed by atoms with Crippen molar-refractivity contribution in [3.05, 3.63) is 50.3 Å². The summed E-state index contributed by atoms with van der Waals surface area (Å²) in [5.41, 5.74) is -0.457. The van der Waals surface area contributed by atoms with Crippen molar-refractivity contribution < 1.29 is 9.84 Å². The van der Waals surface area contributed by atoms with Crippen LogP contribution in [0.4, 0.5) is 0 Å². The van der Waals surface area contributed by atoms with Gasteiger partial charge in [0.15, 0.2) is 0 Å². The number of pyridine rings is 1. The SMILES string of the molecule is COc1ccc(Cn2c(O)c(C)c(=O)[nH]c2=O)cn1. The number of hydrogen-bond acceptors (Lipinski definition) is 5. The van der Waals surface area contributed by atoms with Crippen LogP contribution < -0.4 is 16.0 Å². The van der Waals surface area contributed by atoms with Gasteiger partial charge in [-0.05, 0) is 12.5 Å². The molecule has 2 aromatic rings. The van der Waals surface area contributed by atoms with Gasteiger partial charge in [0.05, 0.1) is 19.2 Å². The summed E-state index contributed by atoms with van der Waals surface area (Å²) < 4.78 is 5.99. The van der Waals surface area contributed by atoms with Crippen LogP contribution in [0, 0.1) is 6.92 Å². The number of methoxy groups -OCH3 is 1. The average Bonchev–Trinajstić information content (AvgIpc) is 2.42. The van der Waals surface area contributed by atoms with Crippen LogP contribution in [0.15, 0.2) is 27.9 Å². The maximum absolute atomic E-state index is 11.6. The van der Waals surface area contributed by atoms with E-state index in [2.05, 4.69) is 9.97 Å². The fourth-order valence-electron chi connectivity index (χ4n) is 1.61. The highest BCUT2D eigenvalue weighted by atomic mass is 16.5. The maximum atomic E-state index is 11.6. The lowest BCUT2D eigenvalue weighted by molar-refractivity contribution is 0.396. The van der Waals surface area contributed by atoms with Crippen LogP contribution >= 0.6 is 0 Å². The Morgan fingerprint density at radius 2 is 2.16 bits per heavy atom. The summed E-state index contributed by atoms with van der Waals surface area (Å²) >= 11 is 0. The number of nitrogens with zero attached hydrogens (tertiary/aromatic N) is 2. The van der Waals surface area contributed by atoms with E-state index in [4.69, 9.17) is 4.74 Å². The second-order valence-electron chi connectivity index (χ2n) is 4.00. The number of H-pyrrole nitrogens is 1. The summed E-state index contributed by atoms with van der Waals surface area (Å²) in [5, 5.41) is 9.82. The molecule has 2 aromatic heterocycles. The Labute approximate surface area is 108 Å². The van der Waals surface area contributed by atoms with Crippen molar-refractivity contribution in [1.29, 1.82) is 0 Å². The Hall–Kier alpha value is -2.57. The first-order valence-electron chi connectivity index (χ1n) is 5.54. The molecule has 0 aliphatic heterocycles. The van der Waals surface area contributed by atoms with Gasteiger partial charge >= 0.3 is 5.69 Å². The number of hydrogen-bond donors (Lipinski definition) is 2. The Balaban J connectivity index is 2.40. The predicted molar refractivity (Wildman–Crippen MR) is 67.6 cm³/mol. The van der Waals surface area contributed by atoms with Crippen LogP contribution in [0.1, 0.15) is 11.1 Å². The molecular formula is C12H13N3O4. The molecule has 100 valence electrons. The van der Waals surface area contributed by atoms with Gasteiger partial charge in [0.25, 0.3) is 5.56 Å². The second kappa shape index (κ2) is 4.97. The molecule has 2 N–H and O–H groups in total. The van der Waals surface area contributed by atoms with E-state index in [0.717, 1.165) is 4.57 Å². The summed E-state index contributed by atoms with van der Waals surface area (Å²) in [6.07, 6.45) is 1.53. The highest BCUT2D eigenvalue weighted by Crippen LogP contribution is 2.12. The number of ether oxygens (including phenoxy) is 1. The van der Waals surface area contributed by atoms with Crippen molar-refractivity contribution in [2.45, 2.75) is 13.5 Å². The highest BCUT2D eigenvalue weighted by molar-refractivity contribution is 5.23. The number of aromatic hydroxyl groups is 1.